The Morgan fingerprint density at radius 3 is 2.66 bits per heavy atom. The maximum absolute atomic E-state index is 12.3. The second-order valence-corrected chi connectivity index (χ2v) is 11.2. The molecule has 3 saturated carbocycles. The number of nitrogens with zero attached hydrogens (tertiary/aromatic N) is 4. The van der Waals surface area contributed by atoms with E-state index in [1.54, 1.807) is 13.1 Å². The van der Waals surface area contributed by atoms with Crippen LogP contribution in [0.15, 0.2) is 12.3 Å². The van der Waals surface area contributed by atoms with Crippen molar-refractivity contribution in [1.82, 2.24) is 19.9 Å². The van der Waals surface area contributed by atoms with Gasteiger partial charge in [-0.1, -0.05) is 0 Å². The molecule has 0 amide bonds. The van der Waals surface area contributed by atoms with Crippen molar-refractivity contribution in [2.24, 2.45) is 5.92 Å². The molecule has 3 fully saturated rings. The van der Waals surface area contributed by atoms with Crippen LogP contribution in [0, 0.1) is 12.8 Å². The summed E-state index contributed by atoms with van der Waals surface area (Å²) in [5, 5.41) is 38.0. The van der Waals surface area contributed by atoms with Crippen molar-refractivity contribution in [2.45, 2.75) is 62.1 Å². The third-order valence-corrected chi connectivity index (χ3v) is 8.46. The Balaban J connectivity index is 1.30. The number of halogens is 3. The summed E-state index contributed by atoms with van der Waals surface area (Å²) < 4.78 is 42.6. The topological polar surface area (TPSA) is 146 Å². The molecule has 38 heavy (non-hydrogen) atoms. The van der Waals surface area contributed by atoms with Gasteiger partial charge < -0.3 is 30.7 Å². The number of aryl methyl sites for hydroxylation is 1. The first-order valence-corrected chi connectivity index (χ1v) is 13.3. The van der Waals surface area contributed by atoms with Crippen LogP contribution in [-0.4, -0.2) is 85.0 Å². The fourth-order valence-electron chi connectivity index (χ4n) is 5.27. The minimum absolute atomic E-state index is 0.0476. The van der Waals surface area contributed by atoms with Crippen molar-refractivity contribution in [1.29, 1.82) is 0 Å². The molecule has 14 heteroatoms. The quantitative estimate of drug-likeness (QED) is 0.251. The van der Waals surface area contributed by atoms with Gasteiger partial charge in [-0.25, -0.2) is 9.97 Å². The van der Waals surface area contributed by atoms with E-state index in [4.69, 9.17) is 4.98 Å². The number of fused-ring (bicyclic) bond motifs is 2. The van der Waals surface area contributed by atoms with Crippen LogP contribution in [0.1, 0.15) is 36.6 Å². The van der Waals surface area contributed by atoms with Crippen molar-refractivity contribution >= 4 is 33.3 Å². The Labute approximate surface area is 219 Å². The maximum Gasteiger partial charge on any atom is 0.411 e. The summed E-state index contributed by atoms with van der Waals surface area (Å²) in [6, 6.07) is 1.33. The third kappa shape index (κ3) is 4.57. The molecule has 3 heterocycles. The van der Waals surface area contributed by atoms with Gasteiger partial charge in [0.15, 0.2) is 0 Å². The van der Waals surface area contributed by atoms with E-state index in [0.717, 1.165) is 28.8 Å². The number of aliphatic hydroxyl groups excluding tert-OH is 2. The van der Waals surface area contributed by atoms with Crippen molar-refractivity contribution in [3.8, 4) is 10.6 Å². The molecule has 204 valence electrons. The lowest BCUT2D eigenvalue weighted by molar-refractivity contribution is -0.172. The maximum atomic E-state index is 12.3. The molecule has 0 aliphatic heterocycles. The van der Waals surface area contributed by atoms with Crippen LogP contribution >= 0.6 is 11.3 Å². The number of aliphatic hydroxyl groups is 3. The predicted molar refractivity (Wildman–Crippen MR) is 133 cm³/mol. The number of thiazole rings is 1. The van der Waals surface area contributed by atoms with Gasteiger partial charge >= 0.3 is 6.18 Å². The van der Waals surface area contributed by atoms with Crippen LogP contribution in [0.5, 0.6) is 0 Å². The average Bonchev–Trinajstić information content (AvgIpc) is 3.70. The van der Waals surface area contributed by atoms with Crippen molar-refractivity contribution in [2.75, 3.05) is 30.4 Å². The average molecular weight is 553 g/mol. The molecule has 3 aliphatic carbocycles. The molecule has 0 radical (unpaired) electrons. The summed E-state index contributed by atoms with van der Waals surface area (Å²) in [4.78, 5) is 18.5. The van der Waals surface area contributed by atoms with E-state index < -0.39 is 42.6 Å². The second-order valence-electron chi connectivity index (χ2n) is 10.2. The summed E-state index contributed by atoms with van der Waals surface area (Å²) in [7, 11) is 0. The van der Waals surface area contributed by atoms with Gasteiger partial charge in [0, 0.05) is 24.6 Å². The highest BCUT2D eigenvalue weighted by Gasteiger charge is 2.74. The van der Waals surface area contributed by atoms with Crippen LogP contribution < -0.4 is 10.6 Å². The minimum atomic E-state index is -4.40. The Bertz CT molecular complexity index is 1370. The summed E-state index contributed by atoms with van der Waals surface area (Å²) in [5.41, 5.74) is 1.45. The standard InChI is InChI=1S/C24H27F3N6O4S/c1-10-15(21-32-17-14(38-21)4-5-28-16(17)11-2-3-11)20(31-13-8-12-18(34)24(12,36)19(13)35)33-22(30-10)29-6-7-37-9-23(25,26)27/h4-5,11-13,18-19,34-36H,2-3,6-9H2,1H3,(H2,29,30,31,33)/t12-,13-,18?,19+,24+/m1/s1. The van der Waals surface area contributed by atoms with Crippen molar-refractivity contribution in [3.05, 3.63) is 23.7 Å². The molecule has 10 nitrogen and oxygen atoms in total. The molecule has 0 saturated heterocycles. The zero-order valence-electron chi connectivity index (χ0n) is 20.4. The van der Waals surface area contributed by atoms with E-state index in [-0.39, 0.29) is 19.1 Å². The van der Waals surface area contributed by atoms with E-state index in [9.17, 15) is 28.5 Å². The molecule has 5 atom stereocenters. The first kappa shape index (κ1) is 25.6. The van der Waals surface area contributed by atoms with Gasteiger partial charge in [-0.15, -0.1) is 11.3 Å². The smallest absolute Gasteiger partial charge is 0.390 e. The van der Waals surface area contributed by atoms with Gasteiger partial charge in [0.2, 0.25) is 5.95 Å². The van der Waals surface area contributed by atoms with Crippen LogP contribution in [0.2, 0.25) is 0 Å². The first-order valence-electron chi connectivity index (χ1n) is 12.4. The lowest BCUT2D eigenvalue weighted by atomic mass is 10.1. The van der Waals surface area contributed by atoms with Crippen LogP contribution in [0.25, 0.3) is 20.8 Å². The molecule has 1 unspecified atom stereocenters. The Morgan fingerprint density at radius 2 is 1.97 bits per heavy atom. The van der Waals surface area contributed by atoms with Gasteiger partial charge in [0.1, 0.15) is 34.7 Å². The molecule has 0 bridgehead atoms. The first-order chi connectivity index (χ1) is 18.1. The van der Waals surface area contributed by atoms with E-state index in [0.29, 0.717) is 34.4 Å². The highest BCUT2D eigenvalue weighted by Crippen LogP contribution is 2.56. The molecule has 0 aromatic carbocycles. The lowest BCUT2D eigenvalue weighted by Crippen LogP contribution is -2.42. The Morgan fingerprint density at radius 1 is 1.18 bits per heavy atom. The number of nitrogens with one attached hydrogen (secondary N) is 2. The van der Waals surface area contributed by atoms with Crippen molar-refractivity contribution in [3.63, 3.8) is 0 Å². The molecule has 6 rings (SSSR count). The summed E-state index contributed by atoms with van der Waals surface area (Å²) in [6.07, 6.45) is -2.30. The SMILES string of the molecule is Cc1nc(NCCOCC(F)(F)F)nc(N[C@@H]2C[C@@H]3C(O)[C@]3(O)[C@H]2O)c1-c1nc2c(C3CC3)nccc2s1. The predicted octanol–water partition coefficient (Wildman–Crippen LogP) is 2.59. The third-order valence-electron chi connectivity index (χ3n) is 7.42. The molecule has 3 aromatic heterocycles. The number of anilines is 2. The van der Waals surface area contributed by atoms with Gasteiger partial charge in [0.05, 0.1) is 40.4 Å². The molecule has 0 spiro atoms. The summed E-state index contributed by atoms with van der Waals surface area (Å²) in [6.45, 7) is 0.283. The highest BCUT2D eigenvalue weighted by atomic mass is 32.1. The number of ether oxygens (including phenoxy) is 1. The fourth-order valence-corrected chi connectivity index (χ4v) is 6.34. The fraction of sp³-hybridized carbons (Fsp3) is 0.583. The monoisotopic (exact) mass is 552 g/mol. The van der Waals surface area contributed by atoms with Crippen LogP contribution in [0.4, 0.5) is 24.9 Å². The molecular formula is C24H27F3N6O4S. The van der Waals surface area contributed by atoms with Gasteiger partial charge in [-0.05, 0) is 32.3 Å². The minimum Gasteiger partial charge on any atom is -0.390 e. The second kappa shape index (κ2) is 9.23. The molecular weight excluding hydrogens is 525 g/mol. The largest absolute Gasteiger partial charge is 0.411 e. The van der Waals surface area contributed by atoms with E-state index >= 15 is 0 Å². The zero-order chi connectivity index (χ0) is 26.8. The number of hydrogen-bond donors (Lipinski definition) is 5. The number of rotatable bonds is 9. The molecule has 5 N–H and O–H groups in total. The zero-order valence-corrected chi connectivity index (χ0v) is 21.2. The van der Waals surface area contributed by atoms with Gasteiger partial charge in [-0.3, -0.25) is 4.98 Å². The lowest BCUT2D eigenvalue weighted by Gasteiger charge is -2.25. The number of alkyl halides is 3. The Hall–Kier alpha value is -2.65. The van der Waals surface area contributed by atoms with Crippen molar-refractivity contribution < 1.29 is 33.2 Å². The number of hydrogen-bond acceptors (Lipinski definition) is 11. The number of aromatic nitrogens is 4. The van der Waals surface area contributed by atoms with E-state index in [1.807, 2.05) is 6.07 Å². The van der Waals surface area contributed by atoms with E-state index in [2.05, 4.69) is 30.3 Å². The normalized spacial score (nSPS) is 28.5. The summed E-state index contributed by atoms with van der Waals surface area (Å²) in [5.74, 6) is 0.503. The summed E-state index contributed by atoms with van der Waals surface area (Å²) >= 11 is 1.47. The molecule has 3 aromatic rings. The Kier molecular flexibility index (Phi) is 6.22. The molecule has 3 aliphatic rings. The van der Waals surface area contributed by atoms with E-state index in [1.165, 1.54) is 11.3 Å². The van der Waals surface area contributed by atoms with Gasteiger partial charge in [-0.2, -0.15) is 18.2 Å². The van der Waals surface area contributed by atoms with Crippen LogP contribution in [0.3, 0.4) is 0 Å². The highest BCUT2D eigenvalue weighted by molar-refractivity contribution is 7.21. The van der Waals surface area contributed by atoms with Crippen LogP contribution in [-0.2, 0) is 4.74 Å². The van der Waals surface area contributed by atoms with Gasteiger partial charge in [0.25, 0.3) is 0 Å². The number of pyridine rings is 1.